The lowest BCUT2D eigenvalue weighted by Gasteiger charge is -2.37. The molecule has 0 saturated heterocycles. The molecule has 2 aliphatic carbocycles. The van der Waals surface area contributed by atoms with E-state index < -0.39 is 32.9 Å². The summed E-state index contributed by atoms with van der Waals surface area (Å²) in [5, 5.41) is 26.2. The number of oxime groups is 1. The highest BCUT2D eigenvalue weighted by molar-refractivity contribution is 6.51. The third kappa shape index (κ3) is 1.85. The molecule has 25 heavy (non-hydrogen) atoms. The SMILES string of the molecule is CC12CCC(C(=O)Nc3ccccc3[N+](=O)[O-])(C(=O)C1=NO)C2(C)C. The molecule has 0 spiro atoms. The molecule has 0 heterocycles. The molecule has 1 aromatic rings. The van der Waals surface area contributed by atoms with Gasteiger partial charge >= 0.3 is 0 Å². The van der Waals surface area contributed by atoms with E-state index >= 15 is 0 Å². The number of carbonyl (C=O) groups excluding carboxylic acids is 2. The van der Waals surface area contributed by atoms with Crippen molar-refractivity contribution in [2.45, 2.75) is 33.6 Å². The molecular formula is C17H19N3O5. The molecule has 1 amide bonds. The molecule has 8 heteroatoms. The van der Waals surface area contributed by atoms with Gasteiger partial charge in [-0.25, -0.2) is 0 Å². The van der Waals surface area contributed by atoms with Crippen molar-refractivity contribution in [3.8, 4) is 0 Å². The number of fused-ring (bicyclic) bond motifs is 2. The molecular weight excluding hydrogens is 326 g/mol. The Kier molecular flexibility index (Phi) is 3.49. The van der Waals surface area contributed by atoms with Gasteiger partial charge in [0, 0.05) is 11.5 Å². The molecule has 2 bridgehead atoms. The number of nitro groups is 1. The van der Waals surface area contributed by atoms with Crippen LogP contribution in [0.2, 0.25) is 0 Å². The number of hydrogen-bond donors (Lipinski definition) is 2. The monoisotopic (exact) mass is 345 g/mol. The van der Waals surface area contributed by atoms with Crippen LogP contribution in [-0.4, -0.2) is 27.5 Å². The number of anilines is 1. The molecule has 8 nitrogen and oxygen atoms in total. The third-order valence-corrected chi connectivity index (χ3v) is 6.41. The zero-order valence-corrected chi connectivity index (χ0v) is 14.2. The van der Waals surface area contributed by atoms with E-state index in [1.54, 1.807) is 19.9 Å². The van der Waals surface area contributed by atoms with Gasteiger partial charge in [-0.2, -0.15) is 0 Å². The first-order valence-corrected chi connectivity index (χ1v) is 7.96. The highest BCUT2D eigenvalue weighted by Gasteiger charge is 2.77. The fraction of sp³-hybridized carbons (Fsp3) is 0.471. The minimum absolute atomic E-state index is 0.00135. The van der Waals surface area contributed by atoms with Crippen molar-refractivity contribution in [2.24, 2.45) is 21.4 Å². The van der Waals surface area contributed by atoms with Crippen molar-refractivity contribution in [2.75, 3.05) is 5.32 Å². The van der Waals surface area contributed by atoms with Crippen LogP contribution < -0.4 is 5.32 Å². The number of carbonyl (C=O) groups is 2. The maximum Gasteiger partial charge on any atom is 0.292 e. The molecule has 2 aliphatic rings. The van der Waals surface area contributed by atoms with Gasteiger partial charge in [-0.3, -0.25) is 19.7 Å². The van der Waals surface area contributed by atoms with Gasteiger partial charge in [0.25, 0.3) is 5.69 Å². The van der Waals surface area contributed by atoms with E-state index in [0.29, 0.717) is 12.8 Å². The van der Waals surface area contributed by atoms with Crippen LogP contribution in [0, 0.1) is 26.4 Å². The van der Waals surface area contributed by atoms with E-state index in [1.165, 1.54) is 18.2 Å². The highest BCUT2D eigenvalue weighted by atomic mass is 16.6. The van der Waals surface area contributed by atoms with Crippen LogP contribution in [0.4, 0.5) is 11.4 Å². The molecule has 0 aliphatic heterocycles. The zero-order valence-electron chi connectivity index (χ0n) is 14.2. The maximum absolute atomic E-state index is 13.1. The number of Topliss-reactive ketones (excluding diaryl/α,β-unsaturated/α-hetero) is 1. The minimum Gasteiger partial charge on any atom is -0.411 e. The van der Waals surface area contributed by atoms with E-state index in [-0.39, 0.29) is 17.1 Å². The third-order valence-electron chi connectivity index (χ3n) is 6.41. The smallest absolute Gasteiger partial charge is 0.292 e. The Balaban J connectivity index is 2.06. The number of benzene rings is 1. The van der Waals surface area contributed by atoms with Crippen molar-refractivity contribution in [3.05, 3.63) is 34.4 Å². The second-order valence-corrected chi connectivity index (χ2v) is 7.37. The maximum atomic E-state index is 13.1. The van der Waals surface area contributed by atoms with Crippen molar-refractivity contribution in [3.63, 3.8) is 0 Å². The van der Waals surface area contributed by atoms with E-state index in [1.807, 2.05) is 6.92 Å². The molecule has 3 rings (SSSR count). The van der Waals surface area contributed by atoms with Crippen LogP contribution in [0.3, 0.4) is 0 Å². The van der Waals surface area contributed by atoms with E-state index in [9.17, 15) is 24.9 Å². The van der Waals surface area contributed by atoms with Crippen LogP contribution in [0.15, 0.2) is 29.4 Å². The first-order chi connectivity index (χ1) is 11.6. The summed E-state index contributed by atoms with van der Waals surface area (Å²) in [6.45, 7) is 5.41. The molecule has 2 saturated carbocycles. The lowest BCUT2D eigenvalue weighted by Crippen LogP contribution is -2.47. The Morgan fingerprint density at radius 3 is 2.48 bits per heavy atom. The summed E-state index contributed by atoms with van der Waals surface area (Å²) in [7, 11) is 0. The Morgan fingerprint density at radius 2 is 1.92 bits per heavy atom. The van der Waals surface area contributed by atoms with Gasteiger partial charge < -0.3 is 10.5 Å². The highest BCUT2D eigenvalue weighted by Crippen LogP contribution is 2.69. The lowest BCUT2D eigenvalue weighted by molar-refractivity contribution is -0.383. The summed E-state index contributed by atoms with van der Waals surface area (Å²) in [5.74, 6) is -1.11. The molecule has 2 fully saturated rings. The van der Waals surface area contributed by atoms with Gasteiger partial charge in [0.15, 0.2) is 5.78 Å². The van der Waals surface area contributed by atoms with Crippen molar-refractivity contribution in [1.29, 1.82) is 0 Å². The molecule has 2 unspecified atom stereocenters. The van der Waals surface area contributed by atoms with E-state index in [4.69, 9.17) is 0 Å². The van der Waals surface area contributed by atoms with E-state index in [2.05, 4.69) is 10.5 Å². The number of nitrogens with zero attached hydrogens (tertiary/aromatic N) is 2. The summed E-state index contributed by atoms with van der Waals surface area (Å²) in [6.07, 6.45) is 0.830. The van der Waals surface area contributed by atoms with Gasteiger partial charge in [-0.1, -0.05) is 38.1 Å². The number of amides is 1. The van der Waals surface area contributed by atoms with E-state index in [0.717, 1.165) is 0 Å². The molecule has 1 aromatic carbocycles. The fourth-order valence-corrected chi connectivity index (χ4v) is 4.42. The predicted molar refractivity (Wildman–Crippen MR) is 89.5 cm³/mol. The summed E-state index contributed by atoms with van der Waals surface area (Å²) < 4.78 is 0. The number of hydrogen-bond acceptors (Lipinski definition) is 6. The molecule has 0 radical (unpaired) electrons. The van der Waals surface area contributed by atoms with Crippen molar-refractivity contribution >= 4 is 28.8 Å². The second-order valence-electron chi connectivity index (χ2n) is 7.37. The zero-order chi connectivity index (χ0) is 18.6. The summed E-state index contributed by atoms with van der Waals surface area (Å²) in [4.78, 5) is 36.6. The molecule has 0 aromatic heterocycles. The number of ketones is 1. The molecule has 2 N–H and O–H groups in total. The topological polar surface area (TPSA) is 122 Å². The second kappa shape index (κ2) is 5.11. The predicted octanol–water partition coefficient (Wildman–Crippen LogP) is 2.76. The van der Waals surface area contributed by atoms with Gasteiger partial charge in [0.05, 0.1) is 4.92 Å². The average molecular weight is 345 g/mol. The summed E-state index contributed by atoms with van der Waals surface area (Å²) in [5.41, 5.74) is -3.12. The van der Waals surface area contributed by atoms with Crippen LogP contribution in [0.1, 0.15) is 33.6 Å². The molecule has 132 valence electrons. The quantitative estimate of drug-likeness (QED) is 0.377. The van der Waals surface area contributed by atoms with Gasteiger partial charge in [-0.15, -0.1) is 0 Å². The molecule has 2 atom stereocenters. The van der Waals surface area contributed by atoms with Crippen LogP contribution in [0.25, 0.3) is 0 Å². The van der Waals surface area contributed by atoms with Crippen molar-refractivity contribution in [1.82, 2.24) is 0 Å². The summed E-state index contributed by atoms with van der Waals surface area (Å²) in [6, 6.07) is 5.78. The van der Waals surface area contributed by atoms with Gasteiger partial charge in [0.1, 0.15) is 16.8 Å². The Labute approximate surface area is 144 Å². The minimum atomic E-state index is -1.41. The number of nitrogens with one attached hydrogen (secondary N) is 1. The van der Waals surface area contributed by atoms with Gasteiger partial charge in [0.2, 0.25) is 5.91 Å². The van der Waals surface area contributed by atoms with Crippen LogP contribution in [0.5, 0.6) is 0 Å². The first-order valence-electron chi connectivity index (χ1n) is 7.96. The fourth-order valence-electron chi connectivity index (χ4n) is 4.42. The van der Waals surface area contributed by atoms with Crippen LogP contribution in [-0.2, 0) is 9.59 Å². The standard InChI is InChI=1S/C17H19N3O5/c1-15(2)16(3)8-9-17(15,13(21)12(16)19-23)14(22)18-10-6-4-5-7-11(10)20(24)25/h4-7,23H,8-9H2,1-3H3,(H,18,22). The summed E-state index contributed by atoms with van der Waals surface area (Å²) >= 11 is 0. The van der Waals surface area contributed by atoms with Gasteiger partial charge in [-0.05, 0) is 24.3 Å². The first kappa shape index (κ1) is 17.1. The normalized spacial score (nSPS) is 31.3. The largest absolute Gasteiger partial charge is 0.411 e. The van der Waals surface area contributed by atoms with Crippen molar-refractivity contribution < 1.29 is 19.7 Å². The number of rotatable bonds is 3. The lowest BCUT2D eigenvalue weighted by atomic mass is 9.64. The number of para-hydroxylation sites is 2. The van der Waals surface area contributed by atoms with Crippen LogP contribution >= 0.6 is 0 Å². The number of nitro benzene ring substituents is 1. The average Bonchev–Trinajstić information content (AvgIpc) is 2.83. The Hall–Kier alpha value is -2.77. The Bertz CT molecular complexity index is 831. The Morgan fingerprint density at radius 1 is 1.28 bits per heavy atom.